The van der Waals surface area contributed by atoms with Gasteiger partial charge in [-0.05, 0) is 48.2 Å². The number of carbonyl (C=O) groups excluding carboxylic acids is 1. The summed E-state index contributed by atoms with van der Waals surface area (Å²) in [5, 5.41) is 3.90. The van der Waals surface area contributed by atoms with Crippen LogP contribution in [-0.2, 0) is 22.4 Å². The molecule has 0 spiro atoms. The molecule has 1 aliphatic heterocycles. The van der Waals surface area contributed by atoms with Crippen LogP contribution in [0.4, 0.5) is 0 Å². The minimum atomic E-state index is -0.335. The van der Waals surface area contributed by atoms with Crippen LogP contribution < -0.4 is 5.32 Å². The largest absolute Gasteiger partial charge is 0.379 e. The lowest BCUT2D eigenvalue weighted by molar-refractivity contribution is -0.122. The summed E-state index contributed by atoms with van der Waals surface area (Å²) >= 11 is 5.94. The summed E-state index contributed by atoms with van der Waals surface area (Å²) in [6.07, 6.45) is 5.31. The number of carbonyl (C=O) groups is 1. The lowest BCUT2D eigenvalue weighted by Gasteiger charge is -2.29. The van der Waals surface area contributed by atoms with Crippen molar-refractivity contribution in [2.24, 2.45) is 0 Å². The number of benzene rings is 1. The number of amides is 1. The molecule has 1 saturated heterocycles. The van der Waals surface area contributed by atoms with Gasteiger partial charge in [-0.25, -0.2) is 0 Å². The van der Waals surface area contributed by atoms with Crippen LogP contribution >= 0.6 is 11.6 Å². The molecule has 1 unspecified atom stereocenters. The number of hydrogen-bond donors (Lipinski definition) is 1. The van der Waals surface area contributed by atoms with E-state index in [0.29, 0.717) is 24.7 Å². The topological polar surface area (TPSA) is 51.2 Å². The molecule has 1 N–H and O–H groups in total. The molecule has 1 aromatic carbocycles. The Balaban J connectivity index is 1.68. The molecule has 0 bridgehead atoms. The van der Waals surface area contributed by atoms with Crippen molar-refractivity contribution in [3.05, 3.63) is 64.9 Å². The second-order valence-electron chi connectivity index (χ2n) is 5.97. The first-order valence-corrected chi connectivity index (χ1v) is 8.05. The van der Waals surface area contributed by atoms with Gasteiger partial charge in [-0.1, -0.05) is 23.7 Å². The third-order valence-corrected chi connectivity index (χ3v) is 4.33. The number of ether oxygens (including phenoxy) is 1. The molecule has 23 heavy (non-hydrogen) atoms. The first kappa shape index (κ1) is 16.0. The highest BCUT2D eigenvalue weighted by Crippen LogP contribution is 2.24. The molecule has 1 amide bonds. The van der Waals surface area contributed by atoms with Crippen molar-refractivity contribution < 1.29 is 9.53 Å². The molecule has 4 nitrogen and oxygen atoms in total. The lowest BCUT2D eigenvalue weighted by atomic mass is 9.89. The van der Waals surface area contributed by atoms with Crippen LogP contribution in [0.5, 0.6) is 0 Å². The number of rotatable bonds is 5. The van der Waals surface area contributed by atoms with E-state index < -0.39 is 0 Å². The maximum Gasteiger partial charge on any atom is 0.224 e. The van der Waals surface area contributed by atoms with Crippen LogP contribution in [0.3, 0.4) is 0 Å². The van der Waals surface area contributed by atoms with Gasteiger partial charge in [0.2, 0.25) is 5.91 Å². The van der Waals surface area contributed by atoms with Crippen molar-refractivity contribution in [1.29, 1.82) is 0 Å². The fourth-order valence-electron chi connectivity index (χ4n) is 2.91. The van der Waals surface area contributed by atoms with E-state index in [0.717, 1.165) is 24.0 Å². The molecule has 120 valence electrons. The van der Waals surface area contributed by atoms with E-state index in [-0.39, 0.29) is 11.4 Å². The Morgan fingerprint density at radius 3 is 2.57 bits per heavy atom. The zero-order valence-electron chi connectivity index (χ0n) is 12.8. The van der Waals surface area contributed by atoms with Gasteiger partial charge >= 0.3 is 0 Å². The average Bonchev–Trinajstić information content (AvgIpc) is 2.98. The van der Waals surface area contributed by atoms with Gasteiger partial charge in [0.15, 0.2) is 0 Å². The summed E-state index contributed by atoms with van der Waals surface area (Å²) in [5.41, 5.74) is 1.76. The summed E-state index contributed by atoms with van der Waals surface area (Å²) in [7, 11) is 0. The average molecular weight is 331 g/mol. The van der Waals surface area contributed by atoms with Crippen LogP contribution in [0.25, 0.3) is 0 Å². The summed E-state index contributed by atoms with van der Waals surface area (Å²) in [4.78, 5) is 16.4. The Morgan fingerprint density at radius 1 is 1.17 bits per heavy atom. The van der Waals surface area contributed by atoms with E-state index in [1.165, 1.54) is 0 Å². The zero-order chi connectivity index (χ0) is 16.1. The van der Waals surface area contributed by atoms with E-state index in [2.05, 4.69) is 10.3 Å². The van der Waals surface area contributed by atoms with Gasteiger partial charge in [0.25, 0.3) is 0 Å². The number of hydrogen-bond acceptors (Lipinski definition) is 3. The molecule has 1 aliphatic rings. The quantitative estimate of drug-likeness (QED) is 0.917. The fraction of sp³-hybridized carbons (Fsp3) is 0.333. The molecular formula is C18H19ClN2O2. The summed E-state index contributed by atoms with van der Waals surface area (Å²) in [5.74, 6) is 0.00987. The molecule has 1 aromatic heterocycles. The molecule has 0 aliphatic carbocycles. The molecule has 2 aromatic rings. The van der Waals surface area contributed by atoms with E-state index >= 15 is 0 Å². The minimum absolute atomic E-state index is 0.00987. The highest BCUT2D eigenvalue weighted by Gasteiger charge is 2.36. The smallest absolute Gasteiger partial charge is 0.224 e. The monoisotopic (exact) mass is 330 g/mol. The number of aromatic nitrogens is 1. The molecule has 1 fully saturated rings. The Morgan fingerprint density at radius 2 is 1.91 bits per heavy atom. The first-order valence-electron chi connectivity index (χ1n) is 7.67. The number of nitrogens with zero attached hydrogens (tertiary/aromatic N) is 1. The Kier molecular flexibility index (Phi) is 4.94. The number of pyridine rings is 1. The van der Waals surface area contributed by atoms with Gasteiger partial charge in [-0.3, -0.25) is 9.78 Å². The van der Waals surface area contributed by atoms with Gasteiger partial charge in [-0.15, -0.1) is 0 Å². The molecule has 3 rings (SSSR count). The maximum absolute atomic E-state index is 12.4. The van der Waals surface area contributed by atoms with Gasteiger partial charge < -0.3 is 10.1 Å². The maximum atomic E-state index is 12.4. The first-order chi connectivity index (χ1) is 11.2. The number of nitrogens with one attached hydrogen (secondary N) is 1. The molecule has 1 atom stereocenters. The highest BCUT2D eigenvalue weighted by atomic mass is 35.5. The third-order valence-electron chi connectivity index (χ3n) is 4.08. The van der Waals surface area contributed by atoms with Crippen molar-refractivity contribution in [3.63, 3.8) is 0 Å². The lowest BCUT2D eigenvalue weighted by Crippen LogP contribution is -2.51. The van der Waals surface area contributed by atoms with Crippen LogP contribution in [0, 0.1) is 0 Å². The van der Waals surface area contributed by atoms with Crippen LogP contribution in [0.15, 0.2) is 48.8 Å². The predicted octanol–water partition coefficient (Wildman–Crippen LogP) is 2.80. The summed E-state index contributed by atoms with van der Waals surface area (Å²) < 4.78 is 5.56. The van der Waals surface area contributed by atoms with E-state index in [4.69, 9.17) is 16.3 Å². The SMILES string of the molecule is O=C(Cc1ccncc1)NC1(Cc2ccc(Cl)cc2)CCOC1. The normalized spacial score (nSPS) is 20.4. The van der Waals surface area contributed by atoms with Crippen molar-refractivity contribution in [3.8, 4) is 0 Å². The summed E-state index contributed by atoms with van der Waals surface area (Å²) in [6.45, 7) is 1.21. The second-order valence-corrected chi connectivity index (χ2v) is 6.40. The molecule has 5 heteroatoms. The van der Waals surface area contributed by atoms with Gasteiger partial charge in [0, 0.05) is 24.0 Å². The van der Waals surface area contributed by atoms with E-state index in [9.17, 15) is 4.79 Å². The van der Waals surface area contributed by atoms with E-state index in [1.54, 1.807) is 12.4 Å². The molecular weight excluding hydrogens is 312 g/mol. The van der Waals surface area contributed by atoms with Gasteiger partial charge in [0.05, 0.1) is 18.6 Å². The second kappa shape index (κ2) is 7.11. The Bertz CT molecular complexity index is 652. The van der Waals surface area contributed by atoms with Crippen LogP contribution in [-0.4, -0.2) is 29.6 Å². The Hall–Kier alpha value is -1.91. The van der Waals surface area contributed by atoms with Crippen molar-refractivity contribution in [1.82, 2.24) is 10.3 Å². The van der Waals surface area contributed by atoms with Crippen molar-refractivity contribution in [2.75, 3.05) is 13.2 Å². The minimum Gasteiger partial charge on any atom is -0.379 e. The molecule has 2 heterocycles. The summed E-state index contributed by atoms with van der Waals surface area (Å²) in [6, 6.07) is 11.5. The zero-order valence-corrected chi connectivity index (χ0v) is 13.6. The third kappa shape index (κ3) is 4.30. The van der Waals surface area contributed by atoms with Crippen LogP contribution in [0.1, 0.15) is 17.5 Å². The van der Waals surface area contributed by atoms with Gasteiger partial charge in [0.1, 0.15) is 0 Å². The number of halogens is 1. The van der Waals surface area contributed by atoms with Gasteiger partial charge in [-0.2, -0.15) is 0 Å². The molecule has 0 radical (unpaired) electrons. The standard InChI is InChI=1S/C18H19ClN2O2/c19-16-3-1-15(2-4-16)12-18(7-10-23-13-18)21-17(22)11-14-5-8-20-9-6-14/h1-6,8-9H,7,10-13H2,(H,21,22). The van der Waals surface area contributed by atoms with Crippen LogP contribution in [0.2, 0.25) is 5.02 Å². The fourth-order valence-corrected chi connectivity index (χ4v) is 3.03. The van der Waals surface area contributed by atoms with E-state index in [1.807, 2.05) is 36.4 Å². The highest BCUT2D eigenvalue weighted by molar-refractivity contribution is 6.30. The Labute approximate surface area is 140 Å². The van der Waals surface area contributed by atoms with Crippen molar-refractivity contribution in [2.45, 2.75) is 24.8 Å². The van der Waals surface area contributed by atoms with Crippen molar-refractivity contribution >= 4 is 17.5 Å². The predicted molar refractivity (Wildman–Crippen MR) is 89.4 cm³/mol. The molecule has 0 saturated carbocycles.